The van der Waals surface area contributed by atoms with Gasteiger partial charge >= 0.3 is 0 Å². The van der Waals surface area contributed by atoms with Gasteiger partial charge in [-0.15, -0.1) is 0 Å². The van der Waals surface area contributed by atoms with E-state index >= 15 is 0 Å². The van der Waals surface area contributed by atoms with Gasteiger partial charge < -0.3 is 5.32 Å². The van der Waals surface area contributed by atoms with Gasteiger partial charge in [0.25, 0.3) is 0 Å². The topological polar surface area (TPSA) is 67.2 Å². The highest BCUT2D eigenvalue weighted by molar-refractivity contribution is 7.89. The third-order valence-electron chi connectivity index (χ3n) is 2.62. The molecule has 0 radical (unpaired) electrons. The van der Waals surface area contributed by atoms with E-state index in [4.69, 9.17) is 0 Å². The van der Waals surface area contributed by atoms with Gasteiger partial charge in [-0.3, -0.25) is 4.68 Å². The molecule has 2 aromatic rings. The maximum atomic E-state index is 12.2. The summed E-state index contributed by atoms with van der Waals surface area (Å²) in [6.07, 6.45) is 1.78. The fourth-order valence-corrected chi connectivity index (χ4v) is 2.65. The van der Waals surface area contributed by atoms with Gasteiger partial charge in [0.1, 0.15) is 4.90 Å². The summed E-state index contributed by atoms with van der Waals surface area (Å²) >= 11 is 0. The Morgan fingerprint density at radius 2 is 1.89 bits per heavy atom. The van der Waals surface area contributed by atoms with E-state index in [1.165, 1.54) is 18.4 Å². The Balaban J connectivity index is 2.42. The van der Waals surface area contributed by atoms with Gasteiger partial charge in [-0.2, -0.15) is 5.10 Å². The zero-order chi connectivity index (χ0) is 14.0. The normalized spacial score (nSPS) is 11.8. The average molecular weight is 280 g/mol. The fraction of sp³-hybridized carbons (Fsp3) is 0.250. The van der Waals surface area contributed by atoms with Crippen molar-refractivity contribution in [3.8, 4) is 0 Å². The van der Waals surface area contributed by atoms with Crippen molar-refractivity contribution < 1.29 is 8.42 Å². The molecule has 0 unspecified atom stereocenters. The second-order valence-electron chi connectivity index (χ2n) is 4.28. The maximum Gasteiger partial charge on any atom is 0.244 e. The molecule has 19 heavy (non-hydrogen) atoms. The molecule has 7 heteroatoms. The number of rotatable bonds is 4. The first kappa shape index (κ1) is 13.6. The summed E-state index contributed by atoms with van der Waals surface area (Å²) in [5, 5.41) is 7.19. The van der Waals surface area contributed by atoms with Crippen LogP contribution in [-0.4, -0.2) is 36.6 Å². The van der Waals surface area contributed by atoms with Gasteiger partial charge in [-0.05, 0) is 12.1 Å². The van der Waals surface area contributed by atoms with Crippen LogP contribution in [0.3, 0.4) is 0 Å². The van der Waals surface area contributed by atoms with Crippen molar-refractivity contribution in [3.05, 3.63) is 36.5 Å². The SMILES string of the molecule is CN(C)S(=O)(=O)c1ccccc1Nc1ccn(C)n1. The molecule has 0 fully saturated rings. The summed E-state index contributed by atoms with van der Waals surface area (Å²) in [6, 6.07) is 8.53. The molecule has 1 heterocycles. The molecular weight excluding hydrogens is 264 g/mol. The lowest BCUT2D eigenvalue weighted by Crippen LogP contribution is -2.23. The van der Waals surface area contributed by atoms with E-state index in [1.54, 1.807) is 48.3 Å². The van der Waals surface area contributed by atoms with Crippen LogP contribution in [0.5, 0.6) is 0 Å². The smallest absolute Gasteiger partial charge is 0.244 e. The van der Waals surface area contributed by atoms with Crippen LogP contribution in [0.2, 0.25) is 0 Å². The first-order valence-corrected chi connectivity index (χ1v) is 7.13. The molecule has 0 atom stereocenters. The van der Waals surface area contributed by atoms with Crippen LogP contribution in [0.1, 0.15) is 0 Å². The summed E-state index contributed by atoms with van der Waals surface area (Å²) in [5.41, 5.74) is 0.509. The molecule has 0 spiro atoms. The minimum atomic E-state index is -3.48. The summed E-state index contributed by atoms with van der Waals surface area (Å²) < 4.78 is 27.2. The second kappa shape index (κ2) is 5.02. The minimum Gasteiger partial charge on any atom is -0.338 e. The molecule has 0 saturated heterocycles. The Morgan fingerprint density at radius 3 is 2.47 bits per heavy atom. The Morgan fingerprint density at radius 1 is 1.21 bits per heavy atom. The largest absolute Gasteiger partial charge is 0.338 e. The highest BCUT2D eigenvalue weighted by Gasteiger charge is 2.21. The number of aromatic nitrogens is 2. The zero-order valence-electron chi connectivity index (χ0n) is 11.0. The molecule has 1 aromatic heterocycles. The molecule has 0 aliphatic carbocycles. The molecule has 1 N–H and O–H groups in total. The summed E-state index contributed by atoms with van der Waals surface area (Å²) in [7, 11) is 1.33. The summed E-state index contributed by atoms with van der Waals surface area (Å²) in [5.74, 6) is 0.601. The number of nitrogens with one attached hydrogen (secondary N) is 1. The molecule has 102 valence electrons. The van der Waals surface area contributed by atoms with E-state index in [2.05, 4.69) is 10.4 Å². The molecule has 0 amide bonds. The van der Waals surface area contributed by atoms with Crippen LogP contribution in [-0.2, 0) is 17.1 Å². The predicted octanol–water partition coefficient (Wildman–Crippen LogP) is 1.41. The van der Waals surface area contributed by atoms with Gasteiger partial charge in [-0.25, -0.2) is 12.7 Å². The quantitative estimate of drug-likeness (QED) is 0.919. The van der Waals surface area contributed by atoms with Gasteiger partial charge in [0.15, 0.2) is 5.82 Å². The van der Waals surface area contributed by atoms with Crippen molar-refractivity contribution in [2.45, 2.75) is 4.90 Å². The van der Waals surface area contributed by atoms with Crippen LogP contribution in [0, 0.1) is 0 Å². The van der Waals surface area contributed by atoms with E-state index in [9.17, 15) is 8.42 Å². The first-order valence-electron chi connectivity index (χ1n) is 5.69. The van der Waals surface area contributed by atoms with Crippen molar-refractivity contribution in [2.75, 3.05) is 19.4 Å². The number of sulfonamides is 1. The Kier molecular flexibility index (Phi) is 3.59. The number of hydrogen-bond acceptors (Lipinski definition) is 4. The molecule has 2 rings (SSSR count). The van der Waals surface area contributed by atoms with Gasteiger partial charge in [-0.1, -0.05) is 12.1 Å². The summed E-state index contributed by atoms with van der Waals surface area (Å²) in [6.45, 7) is 0. The zero-order valence-corrected chi connectivity index (χ0v) is 11.8. The number of anilines is 2. The van der Waals surface area contributed by atoms with Gasteiger partial charge in [0.2, 0.25) is 10.0 Å². The number of aryl methyl sites for hydroxylation is 1. The van der Waals surface area contributed by atoms with E-state index in [0.717, 1.165) is 0 Å². The van der Waals surface area contributed by atoms with Gasteiger partial charge in [0.05, 0.1) is 5.69 Å². The molecule has 1 aromatic carbocycles. The Labute approximate surface area is 112 Å². The van der Waals surface area contributed by atoms with Crippen molar-refractivity contribution >= 4 is 21.5 Å². The standard InChI is InChI=1S/C12H16N4O2S/c1-15(2)19(17,18)11-7-5-4-6-10(11)13-12-8-9-16(3)14-12/h4-9H,1-3H3,(H,13,14). The van der Waals surface area contributed by atoms with Crippen LogP contribution in [0.25, 0.3) is 0 Å². The van der Waals surface area contributed by atoms with Crippen molar-refractivity contribution in [2.24, 2.45) is 7.05 Å². The van der Waals surface area contributed by atoms with Crippen molar-refractivity contribution in [1.29, 1.82) is 0 Å². The van der Waals surface area contributed by atoms with E-state index in [1.807, 2.05) is 0 Å². The van der Waals surface area contributed by atoms with Crippen LogP contribution >= 0.6 is 0 Å². The molecule has 0 aliphatic rings. The Hall–Kier alpha value is -1.86. The lowest BCUT2D eigenvalue weighted by molar-refractivity contribution is 0.521. The van der Waals surface area contributed by atoms with Crippen LogP contribution < -0.4 is 5.32 Å². The summed E-state index contributed by atoms with van der Waals surface area (Å²) in [4.78, 5) is 0.227. The van der Waals surface area contributed by atoms with E-state index in [0.29, 0.717) is 11.5 Å². The van der Waals surface area contributed by atoms with E-state index in [-0.39, 0.29) is 4.90 Å². The van der Waals surface area contributed by atoms with Crippen LogP contribution in [0.15, 0.2) is 41.4 Å². The number of hydrogen-bond donors (Lipinski definition) is 1. The molecule has 0 bridgehead atoms. The fourth-order valence-electron chi connectivity index (χ4n) is 1.61. The van der Waals surface area contributed by atoms with Crippen LogP contribution in [0.4, 0.5) is 11.5 Å². The monoisotopic (exact) mass is 280 g/mol. The third kappa shape index (κ3) is 2.77. The predicted molar refractivity (Wildman–Crippen MR) is 73.8 cm³/mol. The van der Waals surface area contributed by atoms with Gasteiger partial charge in [0, 0.05) is 33.4 Å². The molecule has 6 nitrogen and oxygen atoms in total. The van der Waals surface area contributed by atoms with E-state index < -0.39 is 10.0 Å². The lowest BCUT2D eigenvalue weighted by Gasteiger charge is -2.15. The Bertz CT molecular complexity index is 677. The lowest BCUT2D eigenvalue weighted by atomic mass is 10.3. The highest BCUT2D eigenvalue weighted by atomic mass is 32.2. The number of nitrogens with zero attached hydrogens (tertiary/aromatic N) is 3. The number of benzene rings is 1. The third-order valence-corrected chi connectivity index (χ3v) is 4.50. The molecule has 0 saturated carbocycles. The molecular formula is C12H16N4O2S. The average Bonchev–Trinajstić information content (AvgIpc) is 2.75. The maximum absolute atomic E-state index is 12.2. The minimum absolute atomic E-state index is 0.227. The van der Waals surface area contributed by atoms with Crippen molar-refractivity contribution in [1.82, 2.24) is 14.1 Å². The second-order valence-corrected chi connectivity index (χ2v) is 6.40. The molecule has 0 aliphatic heterocycles. The number of para-hydroxylation sites is 1. The highest BCUT2D eigenvalue weighted by Crippen LogP contribution is 2.25. The first-order chi connectivity index (χ1) is 8.91. The van der Waals surface area contributed by atoms with Crippen molar-refractivity contribution in [3.63, 3.8) is 0 Å².